The monoisotopic (exact) mass is 239 g/mol. The fourth-order valence-electron chi connectivity index (χ4n) is 2.87. The van der Waals surface area contributed by atoms with E-state index in [0.29, 0.717) is 25.3 Å². The summed E-state index contributed by atoms with van der Waals surface area (Å²) in [6.45, 7) is 9.34. The van der Waals surface area contributed by atoms with E-state index >= 15 is 0 Å². The van der Waals surface area contributed by atoms with Crippen LogP contribution in [0.15, 0.2) is 0 Å². The highest BCUT2D eigenvalue weighted by Crippen LogP contribution is 2.68. The van der Waals surface area contributed by atoms with E-state index in [9.17, 15) is 9.59 Å². The second-order valence-corrected chi connectivity index (χ2v) is 6.59. The number of rotatable bonds is 4. The predicted octanol–water partition coefficient (Wildman–Crippen LogP) is 1.65. The fourth-order valence-corrected chi connectivity index (χ4v) is 2.87. The first-order chi connectivity index (χ1) is 7.66. The van der Waals surface area contributed by atoms with E-state index in [1.165, 1.54) is 0 Å². The van der Waals surface area contributed by atoms with E-state index < -0.39 is 11.4 Å². The van der Waals surface area contributed by atoms with Gasteiger partial charge in [0.1, 0.15) is 5.41 Å². The fraction of sp³-hybridized carbons (Fsp3) is 0.846. The molecule has 2 N–H and O–H groups in total. The maximum atomic E-state index is 11.8. The zero-order valence-electron chi connectivity index (χ0n) is 11.0. The van der Waals surface area contributed by atoms with Crippen LogP contribution in [-0.4, -0.2) is 23.5 Å². The molecule has 4 nitrogen and oxygen atoms in total. The second kappa shape index (κ2) is 3.24. The molecular weight excluding hydrogens is 218 g/mol. The van der Waals surface area contributed by atoms with E-state index in [0.717, 1.165) is 0 Å². The number of carbonyl (C=O) groups excluding carboxylic acids is 1. The van der Waals surface area contributed by atoms with Gasteiger partial charge in [-0.15, -0.1) is 0 Å². The average Bonchev–Trinajstić information content (AvgIpc) is 3.03. The average molecular weight is 239 g/mol. The molecule has 0 aromatic carbocycles. The van der Waals surface area contributed by atoms with Gasteiger partial charge in [-0.3, -0.25) is 9.59 Å². The van der Waals surface area contributed by atoms with Gasteiger partial charge in [0.2, 0.25) is 5.91 Å². The first kappa shape index (κ1) is 12.4. The topological polar surface area (TPSA) is 66.4 Å². The highest BCUT2D eigenvalue weighted by molar-refractivity contribution is 6.04. The van der Waals surface area contributed by atoms with Crippen molar-refractivity contribution < 1.29 is 14.7 Å². The maximum Gasteiger partial charge on any atom is 0.319 e. The lowest BCUT2D eigenvalue weighted by Gasteiger charge is -2.11. The number of carbonyl (C=O) groups is 2. The zero-order chi connectivity index (χ0) is 13.1. The summed E-state index contributed by atoms with van der Waals surface area (Å²) < 4.78 is 0. The van der Waals surface area contributed by atoms with Gasteiger partial charge in [0.05, 0.1) is 0 Å². The Balaban J connectivity index is 1.89. The summed E-state index contributed by atoms with van der Waals surface area (Å²) >= 11 is 0. The van der Waals surface area contributed by atoms with Crippen molar-refractivity contribution in [2.24, 2.45) is 22.2 Å². The molecule has 2 saturated carbocycles. The lowest BCUT2D eigenvalue weighted by Crippen LogP contribution is -2.38. The van der Waals surface area contributed by atoms with Gasteiger partial charge in [-0.25, -0.2) is 0 Å². The summed E-state index contributed by atoms with van der Waals surface area (Å²) in [6.07, 6.45) is 0.956. The molecule has 0 aliphatic heterocycles. The molecule has 0 atom stereocenters. The van der Waals surface area contributed by atoms with Crippen LogP contribution in [0.2, 0.25) is 0 Å². The molecule has 2 rings (SSSR count). The molecular formula is C13H21NO3. The number of aliphatic carboxylic acids is 1. The molecule has 0 unspecified atom stereocenters. The van der Waals surface area contributed by atoms with Gasteiger partial charge in [-0.1, -0.05) is 27.7 Å². The van der Waals surface area contributed by atoms with Crippen LogP contribution in [0.4, 0.5) is 0 Å². The minimum absolute atomic E-state index is 0.222. The Labute approximate surface area is 102 Å². The second-order valence-electron chi connectivity index (χ2n) is 6.59. The number of carboxylic acid groups (broad SMARTS) is 1. The molecule has 0 heterocycles. The van der Waals surface area contributed by atoms with Crippen LogP contribution in [0.5, 0.6) is 0 Å². The number of hydrogen-bond donors (Lipinski definition) is 2. The van der Waals surface area contributed by atoms with E-state index in [1.807, 2.05) is 0 Å². The molecule has 96 valence electrons. The molecule has 0 radical (unpaired) electrons. The molecule has 0 saturated heterocycles. The minimum Gasteiger partial charge on any atom is -0.480 e. The van der Waals surface area contributed by atoms with E-state index in [2.05, 4.69) is 33.0 Å². The molecule has 0 spiro atoms. The Hall–Kier alpha value is -1.06. The molecule has 2 fully saturated rings. The lowest BCUT2D eigenvalue weighted by molar-refractivity contribution is -0.149. The van der Waals surface area contributed by atoms with Crippen LogP contribution in [0.1, 0.15) is 40.5 Å². The molecule has 4 heteroatoms. The van der Waals surface area contributed by atoms with Gasteiger partial charge in [0, 0.05) is 6.54 Å². The van der Waals surface area contributed by atoms with Gasteiger partial charge in [-0.2, -0.15) is 0 Å². The SMILES string of the molecule is CC1(C)C(CNC(=O)C2(C(=O)O)CC2)C1(C)C. The third kappa shape index (κ3) is 1.57. The highest BCUT2D eigenvalue weighted by Gasteiger charge is 2.65. The van der Waals surface area contributed by atoms with Crippen molar-refractivity contribution in [1.29, 1.82) is 0 Å². The Morgan fingerprint density at radius 2 is 1.65 bits per heavy atom. The van der Waals surface area contributed by atoms with Crippen molar-refractivity contribution in [1.82, 2.24) is 5.32 Å². The number of carboxylic acids is 1. The third-order valence-electron chi connectivity index (χ3n) is 5.38. The van der Waals surface area contributed by atoms with Gasteiger partial charge < -0.3 is 10.4 Å². The minimum atomic E-state index is -1.11. The summed E-state index contributed by atoms with van der Waals surface area (Å²) in [5.74, 6) is -0.851. The van der Waals surface area contributed by atoms with Crippen LogP contribution < -0.4 is 5.32 Å². The third-order valence-corrected chi connectivity index (χ3v) is 5.38. The van der Waals surface area contributed by atoms with E-state index in [4.69, 9.17) is 5.11 Å². The maximum absolute atomic E-state index is 11.8. The molecule has 2 aliphatic rings. The smallest absolute Gasteiger partial charge is 0.319 e. The first-order valence-corrected chi connectivity index (χ1v) is 6.18. The summed E-state index contributed by atoms with van der Waals surface area (Å²) in [4.78, 5) is 22.8. The number of amides is 1. The van der Waals surface area contributed by atoms with E-state index in [-0.39, 0.29) is 16.7 Å². The normalized spacial score (nSPS) is 27.3. The quantitative estimate of drug-likeness (QED) is 0.733. The van der Waals surface area contributed by atoms with Crippen LogP contribution in [0.25, 0.3) is 0 Å². The van der Waals surface area contributed by atoms with Crippen LogP contribution in [-0.2, 0) is 9.59 Å². The predicted molar refractivity (Wildman–Crippen MR) is 63.4 cm³/mol. The van der Waals surface area contributed by atoms with Crippen molar-refractivity contribution in [3.63, 3.8) is 0 Å². The first-order valence-electron chi connectivity index (χ1n) is 6.18. The Morgan fingerprint density at radius 3 is 1.94 bits per heavy atom. The van der Waals surface area contributed by atoms with Gasteiger partial charge >= 0.3 is 5.97 Å². The van der Waals surface area contributed by atoms with Crippen LogP contribution in [0, 0.1) is 22.2 Å². The van der Waals surface area contributed by atoms with Gasteiger partial charge in [0.15, 0.2) is 0 Å². The van der Waals surface area contributed by atoms with Crippen molar-refractivity contribution in [3.05, 3.63) is 0 Å². The lowest BCUT2D eigenvalue weighted by atomic mass is 10.0. The molecule has 0 aromatic heterocycles. The van der Waals surface area contributed by atoms with Crippen LogP contribution in [0.3, 0.4) is 0 Å². The molecule has 0 aromatic rings. The van der Waals surface area contributed by atoms with Crippen LogP contribution >= 0.6 is 0 Å². The summed E-state index contributed by atoms with van der Waals surface area (Å²) in [5.41, 5.74) is -0.663. The standard InChI is InChI=1S/C13H21NO3/c1-11(2)8(12(11,3)4)7-14-9(15)13(5-6-13)10(16)17/h8H,5-7H2,1-4H3,(H,14,15)(H,16,17). The number of hydrogen-bond acceptors (Lipinski definition) is 2. The number of nitrogens with one attached hydrogen (secondary N) is 1. The Kier molecular flexibility index (Phi) is 2.36. The summed E-state index contributed by atoms with van der Waals surface area (Å²) in [7, 11) is 0. The summed E-state index contributed by atoms with van der Waals surface area (Å²) in [5, 5.41) is 11.8. The molecule has 0 bridgehead atoms. The summed E-state index contributed by atoms with van der Waals surface area (Å²) in [6, 6.07) is 0. The van der Waals surface area contributed by atoms with Crippen molar-refractivity contribution in [3.8, 4) is 0 Å². The Bertz CT molecular complexity index is 366. The van der Waals surface area contributed by atoms with Crippen molar-refractivity contribution in [2.45, 2.75) is 40.5 Å². The molecule has 1 amide bonds. The largest absolute Gasteiger partial charge is 0.480 e. The molecule has 17 heavy (non-hydrogen) atoms. The zero-order valence-corrected chi connectivity index (χ0v) is 11.0. The highest BCUT2D eigenvalue weighted by atomic mass is 16.4. The van der Waals surface area contributed by atoms with E-state index in [1.54, 1.807) is 0 Å². The Morgan fingerprint density at radius 1 is 1.18 bits per heavy atom. The van der Waals surface area contributed by atoms with Crippen molar-refractivity contribution in [2.75, 3.05) is 6.54 Å². The van der Waals surface area contributed by atoms with Gasteiger partial charge in [0.25, 0.3) is 0 Å². The van der Waals surface area contributed by atoms with Crippen molar-refractivity contribution >= 4 is 11.9 Å². The van der Waals surface area contributed by atoms with Gasteiger partial charge in [-0.05, 0) is 29.6 Å². The molecule has 2 aliphatic carbocycles.